The molecule has 2 aromatic carbocycles. The molecule has 29 heavy (non-hydrogen) atoms. The Morgan fingerprint density at radius 1 is 0.897 bits per heavy atom. The van der Waals surface area contributed by atoms with Gasteiger partial charge in [-0.25, -0.2) is 4.39 Å². The number of nitrogens with zero attached hydrogens (tertiary/aromatic N) is 2. The second-order valence-electron chi connectivity index (χ2n) is 6.92. The van der Waals surface area contributed by atoms with E-state index < -0.39 is 0 Å². The lowest BCUT2D eigenvalue weighted by atomic mass is 10.0. The van der Waals surface area contributed by atoms with Crippen LogP contribution in [-0.2, 0) is 6.54 Å². The van der Waals surface area contributed by atoms with Gasteiger partial charge in [0.15, 0.2) is 11.5 Å². The number of rotatable bonds is 5. The van der Waals surface area contributed by atoms with Gasteiger partial charge in [-0.05, 0) is 42.3 Å². The molecule has 150 valence electrons. The molecule has 0 aliphatic carbocycles. The van der Waals surface area contributed by atoms with Crippen molar-refractivity contribution in [2.75, 3.05) is 27.9 Å². The highest BCUT2D eigenvalue weighted by Crippen LogP contribution is 2.39. The number of fused-ring (bicyclic) bond motifs is 1. The number of hydrogen-bond acceptors (Lipinski definition) is 4. The largest absolute Gasteiger partial charge is 0.493 e. The SMILES string of the molecule is COc1cc(C2=NCCn3cc(-c4ccc(C)c(F)c4)cc32)cc(OC)c1OC. The Hall–Kier alpha value is -3.28. The highest BCUT2D eigenvalue weighted by Gasteiger charge is 2.22. The van der Waals surface area contributed by atoms with Crippen molar-refractivity contribution in [3.8, 4) is 28.4 Å². The molecule has 0 amide bonds. The van der Waals surface area contributed by atoms with Crippen LogP contribution in [0.1, 0.15) is 16.8 Å². The number of ether oxygens (including phenoxy) is 3. The molecule has 3 aromatic rings. The van der Waals surface area contributed by atoms with Gasteiger partial charge >= 0.3 is 0 Å². The molecule has 0 saturated carbocycles. The maximum absolute atomic E-state index is 14.1. The molecule has 1 aromatic heterocycles. The molecule has 0 atom stereocenters. The Morgan fingerprint density at radius 2 is 1.62 bits per heavy atom. The third-order valence-corrected chi connectivity index (χ3v) is 5.19. The minimum Gasteiger partial charge on any atom is -0.493 e. The van der Waals surface area contributed by atoms with Crippen LogP contribution in [0.4, 0.5) is 4.39 Å². The molecule has 2 heterocycles. The second-order valence-corrected chi connectivity index (χ2v) is 6.92. The van der Waals surface area contributed by atoms with Crippen molar-refractivity contribution in [2.24, 2.45) is 4.99 Å². The number of aliphatic imine (C=N–C) groups is 1. The quantitative estimate of drug-likeness (QED) is 0.641. The average Bonchev–Trinajstić information content (AvgIpc) is 3.18. The van der Waals surface area contributed by atoms with Gasteiger partial charge in [-0.1, -0.05) is 12.1 Å². The lowest BCUT2D eigenvalue weighted by Crippen LogP contribution is -2.18. The Kier molecular flexibility index (Phi) is 5.01. The molecule has 1 aliphatic heterocycles. The van der Waals surface area contributed by atoms with E-state index in [-0.39, 0.29) is 5.82 Å². The fraction of sp³-hybridized carbons (Fsp3) is 0.261. The molecule has 5 nitrogen and oxygen atoms in total. The summed E-state index contributed by atoms with van der Waals surface area (Å²) < 4.78 is 32.6. The first-order chi connectivity index (χ1) is 14.0. The number of hydrogen-bond donors (Lipinski definition) is 0. The normalized spacial score (nSPS) is 12.9. The van der Waals surface area contributed by atoms with Crippen molar-refractivity contribution < 1.29 is 18.6 Å². The van der Waals surface area contributed by atoms with Crippen LogP contribution in [0.25, 0.3) is 11.1 Å². The molecule has 0 radical (unpaired) electrons. The van der Waals surface area contributed by atoms with E-state index in [2.05, 4.69) is 4.57 Å². The van der Waals surface area contributed by atoms with E-state index in [0.717, 1.165) is 34.6 Å². The molecule has 4 rings (SSSR count). The topological polar surface area (TPSA) is 45.0 Å². The Bertz CT molecular complexity index is 1080. The van der Waals surface area contributed by atoms with E-state index in [0.29, 0.717) is 29.4 Å². The van der Waals surface area contributed by atoms with Gasteiger partial charge in [-0.3, -0.25) is 4.99 Å². The lowest BCUT2D eigenvalue weighted by molar-refractivity contribution is 0.324. The van der Waals surface area contributed by atoms with Crippen molar-refractivity contribution >= 4 is 5.71 Å². The molecule has 1 aliphatic rings. The molecule has 0 saturated heterocycles. The molecule has 6 heteroatoms. The summed E-state index contributed by atoms with van der Waals surface area (Å²) in [6.45, 7) is 3.20. The van der Waals surface area contributed by atoms with Crippen LogP contribution in [0.15, 0.2) is 47.6 Å². The Morgan fingerprint density at radius 3 is 2.24 bits per heavy atom. The van der Waals surface area contributed by atoms with E-state index in [4.69, 9.17) is 19.2 Å². The molecule has 0 unspecified atom stereocenters. The van der Waals surface area contributed by atoms with Gasteiger partial charge in [0.25, 0.3) is 0 Å². The summed E-state index contributed by atoms with van der Waals surface area (Å²) in [7, 11) is 4.77. The van der Waals surface area contributed by atoms with Gasteiger partial charge in [0.2, 0.25) is 5.75 Å². The monoisotopic (exact) mass is 394 g/mol. The summed E-state index contributed by atoms with van der Waals surface area (Å²) in [4.78, 5) is 4.76. The number of aromatic nitrogens is 1. The van der Waals surface area contributed by atoms with Crippen LogP contribution in [0.5, 0.6) is 17.2 Å². The van der Waals surface area contributed by atoms with Crippen molar-refractivity contribution in [1.29, 1.82) is 0 Å². The van der Waals surface area contributed by atoms with Gasteiger partial charge in [0.05, 0.1) is 39.3 Å². The summed E-state index contributed by atoms with van der Waals surface area (Å²) >= 11 is 0. The number of methoxy groups -OCH3 is 3. The third kappa shape index (κ3) is 3.35. The second kappa shape index (κ2) is 7.62. The molecular weight excluding hydrogens is 371 g/mol. The third-order valence-electron chi connectivity index (χ3n) is 5.19. The van der Waals surface area contributed by atoms with Crippen LogP contribution in [-0.4, -0.2) is 38.2 Å². The van der Waals surface area contributed by atoms with E-state index in [1.165, 1.54) is 0 Å². The van der Waals surface area contributed by atoms with Crippen molar-refractivity contribution in [3.63, 3.8) is 0 Å². The lowest BCUT2D eigenvalue weighted by Gasteiger charge is -2.19. The van der Waals surface area contributed by atoms with Crippen LogP contribution in [0.2, 0.25) is 0 Å². The first kappa shape index (κ1) is 19.1. The molecular formula is C23H23FN2O3. The maximum atomic E-state index is 14.1. The van der Waals surface area contributed by atoms with Crippen LogP contribution in [0, 0.1) is 12.7 Å². The Balaban J connectivity index is 1.80. The number of halogens is 1. The van der Waals surface area contributed by atoms with Gasteiger partial charge in [0, 0.05) is 23.9 Å². The van der Waals surface area contributed by atoms with Gasteiger partial charge < -0.3 is 18.8 Å². The van der Waals surface area contributed by atoms with Crippen LogP contribution in [0.3, 0.4) is 0 Å². The molecule has 0 N–H and O–H groups in total. The summed E-state index contributed by atoms with van der Waals surface area (Å²) in [5.41, 5.74) is 5.13. The summed E-state index contributed by atoms with van der Waals surface area (Å²) in [6, 6.07) is 11.2. The predicted molar refractivity (Wildman–Crippen MR) is 111 cm³/mol. The minimum atomic E-state index is -0.204. The van der Waals surface area contributed by atoms with Gasteiger partial charge in [0.1, 0.15) is 5.82 Å². The zero-order valence-corrected chi connectivity index (χ0v) is 17.0. The molecule has 0 fully saturated rings. The van der Waals surface area contributed by atoms with E-state index >= 15 is 0 Å². The number of benzene rings is 2. The zero-order chi connectivity index (χ0) is 20.5. The fourth-order valence-electron chi connectivity index (χ4n) is 3.63. The minimum absolute atomic E-state index is 0.204. The Labute approximate surface area is 169 Å². The van der Waals surface area contributed by atoms with Crippen molar-refractivity contribution in [1.82, 2.24) is 4.57 Å². The molecule has 0 spiro atoms. The molecule has 0 bridgehead atoms. The smallest absolute Gasteiger partial charge is 0.203 e. The first-order valence-corrected chi connectivity index (χ1v) is 9.37. The van der Waals surface area contributed by atoms with E-state index in [1.54, 1.807) is 40.4 Å². The van der Waals surface area contributed by atoms with Gasteiger partial charge in [-0.15, -0.1) is 0 Å². The summed E-state index contributed by atoms with van der Waals surface area (Å²) in [5, 5.41) is 0. The summed E-state index contributed by atoms with van der Waals surface area (Å²) in [5.74, 6) is 1.50. The number of aryl methyl sites for hydroxylation is 1. The summed E-state index contributed by atoms with van der Waals surface area (Å²) in [6.07, 6.45) is 2.05. The average molecular weight is 394 g/mol. The van der Waals surface area contributed by atoms with Gasteiger partial charge in [-0.2, -0.15) is 0 Å². The van der Waals surface area contributed by atoms with Crippen LogP contribution >= 0.6 is 0 Å². The fourth-order valence-corrected chi connectivity index (χ4v) is 3.63. The maximum Gasteiger partial charge on any atom is 0.203 e. The van der Waals surface area contributed by atoms with Crippen LogP contribution < -0.4 is 14.2 Å². The predicted octanol–water partition coefficient (Wildman–Crippen LogP) is 4.48. The highest BCUT2D eigenvalue weighted by atomic mass is 19.1. The van der Waals surface area contributed by atoms with E-state index in [1.807, 2.05) is 30.5 Å². The zero-order valence-electron chi connectivity index (χ0n) is 17.0. The first-order valence-electron chi connectivity index (χ1n) is 9.37. The van der Waals surface area contributed by atoms with Crippen molar-refractivity contribution in [3.05, 3.63) is 65.2 Å². The van der Waals surface area contributed by atoms with Crippen molar-refractivity contribution in [2.45, 2.75) is 13.5 Å². The highest BCUT2D eigenvalue weighted by molar-refractivity contribution is 6.13. The standard InChI is InChI=1S/C23H23FN2O3/c1-14-5-6-15(9-18(14)24)17-10-19-22(25-7-8-26(19)13-17)16-11-20(27-2)23(29-4)21(12-16)28-3/h5-6,9-13H,7-8H2,1-4H3. The van der Waals surface area contributed by atoms with E-state index in [9.17, 15) is 4.39 Å².